The maximum absolute atomic E-state index is 13.0. The predicted octanol–water partition coefficient (Wildman–Crippen LogP) is 2.45. The normalized spacial score (nSPS) is 23.1. The average Bonchev–Trinajstić information content (AvgIpc) is 2.81. The van der Waals surface area contributed by atoms with E-state index in [1.165, 1.54) is 12.1 Å². The van der Waals surface area contributed by atoms with E-state index >= 15 is 0 Å². The van der Waals surface area contributed by atoms with Crippen molar-refractivity contribution in [1.82, 2.24) is 0 Å². The van der Waals surface area contributed by atoms with Crippen molar-refractivity contribution in [2.24, 2.45) is 17.6 Å². The van der Waals surface area contributed by atoms with E-state index < -0.39 is 0 Å². The van der Waals surface area contributed by atoms with Gasteiger partial charge < -0.3 is 11.1 Å². The number of anilines is 1. The summed E-state index contributed by atoms with van der Waals surface area (Å²) in [4.78, 5) is 12.2. The molecular weight excluding hydrogens is 231 g/mol. The number of halogens is 1. The number of nitrogens with two attached hydrogens (primary N) is 1. The first-order valence-corrected chi connectivity index (χ1v) is 6.39. The van der Waals surface area contributed by atoms with Crippen LogP contribution < -0.4 is 11.1 Å². The van der Waals surface area contributed by atoms with Gasteiger partial charge in [0, 0.05) is 11.6 Å². The van der Waals surface area contributed by atoms with Crippen LogP contribution in [-0.4, -0.2) is 12.5 Å². The number of carbonyl (C=O) groups is 1. The van der Waals surface area contributed by atoms with E-state index in [0.717, 1.165) is 24.8 Å². The van der Waals surface area contributed by atoms with E-state index in [1.54, 1.807) is 13.0 Å². The second-order valence-corrected chi connectivity index (χ2v) is 4.98. The SMILES string of the molecule is Cc1cc(F)ccc1NC(=O)C1CCCC1CN. The van der Waals surface area contributed by atoms with Gasteiger partial charge in [-0.15, -0.1) is 0 Å². The first-order chi connectivity index (χ1) is 8.61. The van der Waals surface area contributed by atoms with Crippen molar-refractivity contribution in [1.29, 1.82) is 0 Å². The van der Waals surface area contributed by atoms with Gasteiger partial charge in [0.2, 0.25) is 5.91 Å². The van der Waals surface area contributed by atoms with E-state index in [1.807, 2.05) is 0 Å². The number of carbonyl (C=O) groups excluding carboxylic acids is 1. The number of aryl methyl sites for hydroxylation is 1. The summed E-state index contributed by atoms with van der Waals surface area (Å²) >= 11 is 0. The molecule has 4 heteroatoms. The smallest absolute Gasteiger partial charge is 0.227 e. The van der Waals surface area contributed by atoms with Crippen LogP contribution in [0.3, 0.4) is 0 Å². The minimum atomic E-state index is -0.286. The summed E-state index contributed by atoms with van der Waals surface area (Å²) in [6, 6.07) is 4.39. The summed E-state index contributed by atoms with van der Waals surface area (Å²) in [7, 11) is 0. The van der Waals surface area contributed by atoms with E-state index in [-0.39, 0.29) is 23.6 Å². The van der Waals surface area contributed by atoms with Crippen molar-refractivity contribution in [2.75, 3.05) is 11.9 Å². The van der Waals surface area contributed by atoms with Crippen LogP contribution >= 0.6 is 0 Å². The van der Waals surface area contributed by atoms with Crippen LogP contribution in [0, 0.1) is 24.6 Å². The largest absolute Gasteiger partial charge is 0.330 e. The molecule has 0 aliphatic heterocycles. The fourth-order valence-electron chi connectivity index (χ4n) is 2.66. The molecule has 3 nitrogen and oxygen atoms in total. The van der Waals surface area contributed by atoms with Crippen LogP contribution in [-0.2, 0) is 4.79 Å². The summed E-state index contributed by atoms with van der Waals surface area (Å²) in [5, 5.41) is 2.88. The Morgan fingerprint density at radius 1 is 1.50 bits per heavy atom. The maximum atomic E-state index is 13.0. The van der Waals surface area contributed by atoms with Crippen molar-refractivity contribution in [3.8, 4) is 0 Å². The highest BCUT2D eigenvalue weighted by Crippen LogP contribution is 2.32. The Bertz CT molecular complexity index is 447. The number of rotatable bonds is 3. The zero-order valence-corrected chi connectivity index (χ0v) is 10.6. The van der Waals surface area contributed by atoms with Crippen molar-refractivity contribution in [3.63, 3.8) is 0 Å². The number of hydrogen-bond donors (Lipinski definition) is 2. The van der Waals surface area contributed by atoms with Crippen LogP contribution in [0.15, 0.2) is 18.2 Å². The number of hydrogen-bond acceptors (Lipinski definition) is 2. The lowest BCUT2D eigenvalue weighted by atomic mass is 9.95. The van der Waals surface area contributed by atoms with E-state index in [4.69, 9.17) is 5.73 Å². The lowest BCUT2D eigenvalue weighted by Crippen LogP contribution is -2.29. The van der Waals surface area contributed by atoms with E-state index in [0.29, 0.717) is 12.2 Å². The van der Waals surface area contributed by atoms with Gasteiger partial charge in [0.1, 0.15) is 5.82 Å². The molecule has 1 amide bonds. The Hall–Kier alpha value is -1.42. The summed E-state index contributed by atoms with van der Waals surface area (Å²) in [5.74, 6) is 0.00839. The standard InChI is InChI=1S/C14H19FN2O/c1-9-7-11(15)5-6-13(9)17-14(18)12-4-2-3-10(12)8-16/h5-7,10,12H,2-4,8,16H2,1H3,(H,17,18). The Morgan fingerprint density at radius 3 is 2.94 bits per heavy atom. The summed E-state index contributed by atoms with van der Waals surface area (Å²) in [5.41, 5.74) is 7.10. The van der Waals surface area contributed by atoms with E-state index in [2.05, 4.69) is 5.32 Å². The molecule has 0 saturated heterocycles. The number of amides is 1. The molecule has 2 rings (SSSR count). The van der Waals surface area contributed by atoms with Gasteiger partial charge in [-0.1, -0.05) is 6.42 Å². The Labute approximate surface area is 107 Å². The van der Waals surface area contributed by atoms with Gasteiger partial charge in [-0.25, -0.2) is 4.39 Å². The molecule has 1 aromatic carbocycles. The zero-order chi connectivity index (χ0) is 13.1. The Morgan fingerprint density at radius 2 is 2.28 bits per heavy atom. The molecule has 0 aromatic heterocycles. The van der Waals surface area contributed by atoms with Gasteiger partial charge in [0.05, 0.1) is 0 Å². The second-order valence-electron chi connectivity index (χ2n) is 4.98. The third kappa shape index (κ3) is 2.70. The van der Waals surface area contributed by atoms with Crippen LogP contribution in [0.4, 0.5) is 10.1 Å². The Kier molecular flexibility index (Phi) is 3.97. The molecule has 0 radical (unpaired) electrons. The lowest BCUT2D eigenvalue weighted by Gasteiger charge is -2.18. The van der Waals surface area contributed by atoms with E-state index in [9.17, 15) is 9.18 Å². The molecule has 0 heterocycles. The molecule has 98 valence electrons. The molecule has 1 aliphatic carbocycles. The molecule has 0 bridgehead atoms. The van der Waals surface area contributed by atoms with Crippen LogP contribution in [0.25, 0.3) is 0 Å². The molecule has 1 saturated carbocycles. The third-order valence-corrected chi connectivity index (χ3v) is 3.74. The minimum absolute atomic E-state index is 0.000506. The molecule has 0 spiro atoms. The molecule has 1 aromatic rings. The third-order valence-electron chi connectivity index (χ3n) is 3.74. The molecule has 2 unspecified atom stereocenters. The van der Waals surface area contributed by atoms with Crippen LogP contribution in [0.2, 0.25) is 0 Å². The summed E-state index contributed by atoms with van der Waals surface area (Å²) in [6.45, 7) is 2.34. The Balaban J connectivity index is 2.07. The quantitative estimate of drug-likeness (QED) is 0.865. The summed E-state index contributed by atoms with van der Waals surface area (Å²) < 4.78 is 13.0. The van der Waals surface area contributed by atoms with Gasteiger partial charge in [0.15, 0.2) is 0 Å². The zero-order valence-electron chi connectivity index (χ0n) is 10.6. The molecule has 1 fully saturated rings. The highest BCUT2D eigenvalue weighted by molar-refractivity contribution is 5.93. The highest BCUT2D eigenvalue weighted by atomic mass is 19.1. The number of benzene rings is 1. The van der Waals surface area contributed by atoms with Gasteiger partial charge in [-0.05, 0) is 56.0 Å². The van der Waals surface area contributed by atoms with Crippen molar-refractivity contribution in [3.05, 3.63) is 29.6 Å². The topological polar surface area (TPSA) is 55.1 Å². The van der Waals surface area contributed by atoms with Gasteiger partial charge >= 0.3 is 0 Å². The lowest BCUT2D eigenvalue weighted by molar-refractivity contribution is -0.120. The van der Waals surface area contributed by atoms with Crippen LogP contribution in [0.5, 0.6) is 0 Å². The van der Waals surface area contributed by atoms with Crippen molar-refractivity contribution < 1.29 is 9.18 Å². The monoisotopic (exact) mass is 250 g/mol. The van der Waals surface area contributed by atoms with Crippen molar-refractivity contribution in [2.45, 2.75) is 26.2 Å². The predicted molar refractivity (Wildman–Crippen MR) is 69.7 cm³/mol. The van der Waals surface area contributed by atoms with Gasteiger partial charge in [-0.3, -0.25) is 4.79 Å². The van der Waals surface area contributed by atoms with Crippen LogP contribution in [0.1, 0.15) is 24.8 Å². The molecule has 1 aliphatic rings. The summed E-state index contributed by atoms with van der Waals surface area (Å²) in [6.07, 6.45) is 2.98. The average molecular weight is 250 g/mol. The molecule has 18 heavy (non-hydrogen) atoms. The molecule has 2 atom stereocenters. The van der Waals surface area contributed by atoms with Gasteiger partial charge in [0.25, 0.3) is 0 Å². The second kappa shape index (κ2) is 5.48. The highest BCUT2D eigenvalue weighted by Gasteiger charge is 2.31. The first-order valence-electron chi connectivity index (χ1n) is 6.39. The minimum Gasteiger partial charge on any atom is -0.330 e. The van der Waals surface area contributed by atoms with Crippen molar-refractivity contribution >= 4 is 11.6 Å². The molecular formula is C14H19FN2O. The fraction of sp³-hybridized carbons (Fsp3) is 0.500. The number of nitrogens with one attached hydrogen (secondary N) is 1. The maximum Gasteiger partial charge on any atom is 0.227 e. The fourth-order valence-corrected chi connectivity index (χ4v) is 2.66. The van der Waals surface area contributed by atoms with Gasteiger partial charge in [-0.2, -0.15) is 0 Å². The molecule has 3 N–H and O–H groups in total. The first kappa shape index (κ1) is 13.0.